The smallest absolute Gasteiger partial charge is 0.0348 e. The van der Waals surface area contributed by atoms with Gasteiger partial charge in [-0.25, -0.2) is 0 Å². The Morgan fingerprint density at radius 2 is 1.86 bits per heavy atom. The topological polar surface area (TPSA) is 29.3 Å². The van der Waals surface area contributed by atoms with E-state index in [9.17, 15) is 0 Å². The summed E-state index contributed by atoms with van der Waals surface area (Å²) in [6.07, 6.45) is 6.64. The van der Waals surface area contributed by atoms with Gasteiger partial charge in [0, 0.05) is 12.6 Å². The summed E-state index contributed by atoms with van der Waals surface area (Å²) in [7, 11) is 2.25. The molecule has 1 saturated carbocycles. The molecule has 1 heterocycles. The van der Waals surface area contributed by atoms with Crippen molar-refractivity contribution in [1.29, 1.82) is 0 Å². The number of hydrogen-bond donors (Lipinski definition) is 1. The minimum Gasteiger partial charge on any atom is -0.330 e. The van der Waals surface area contributed by atoms with Gasteiger partial charge in [0.05, 0.1) is 0 Å². The van der Waals surface area contributed by atoms with E-state index in [4.69, 9.17) is 5.73 Å². The lowest BCUT2D eigenvalue weighted by Gasteiger charge is -2.34. The molecule has 1 aliphatic carbocycles. The lowest BCUT2D eigenvalue weighted by atomic mass is 9.71. The molecule has 0 radical (unpaired) electrons. The van der Waals surface area contributed by atoms with Gasteiger partial charge in [0.25, 0.3) is 0 Å². The van der Waals surface area contributed by atoms with E-state index < -0.39 is 0 Å². The van der Waals surface area contributed by atoms with Crippen LogP contribution in [0, 0.1) is 11.3 Å². The van der Waals surface area contributed by atoms with E-state index >= 15 is 0 Å². The molecule has 2 heteroatoms. The molecule has 2 atom stereocenters. The molecule has 0 bridgehead atoms. The quantitative estimate of drug-likeness (QED) is 0.900. The zero-order chi connectivity index (χ0) is 15.7. The monoisotopic (exact) mass is 300 g/mol. The van der Waals surface area contributed by atoms with Crippen LogP contribution in [0.4, 0.5) is 0 Å². The maximum Gasteiger partial charge on any atom is 0.0348 e. The molecule has 22 heavy (non-hydrogen) atoms. The van der Waals surface area contributed by atoms with Gasteiger partial charge in [-0.1, -0.05) is 38.1 Å². The van der Waals surface area contributed by atoms with Gasteiger partial charge in [0.15, 0.2) is 0 Å². The van der Waals surface area contributed by atoms with E-state index in [2.05, 4.69) is 50.1 Å². The summed E-state index contributed by atoms with van der Waals surface area (Å²) in [4.78, 5) is 2.49. The van der Waals surface area contributed by atoms with Gasteiger partial charge in [0.1, 0.15) is 0 Å². The highest BCUT2D eigenvalue weighted by atomic mass is 15.2. The number of nitrogens with zero attached hydrogens (tertiary/aromatic N) is 1. The molecule has 3 rings (SSSR count). The van der Waals surface area contributed by atoms with Gasteiger partial charge in [-0.05, 0) is 74.1 Å². The molecule has 0 spiro atoms. The van der Waals surface area contributed by atoms with E-state index in [0.717, 1.165) is 19.0 Å². The normalized spacial score (nSPS) is 29.8. The third-order valence-corrected chi connectivity index (χ3v) is 6.07. The first-order valence-corrected chi connectivity index (χ1v) is 8.99. The molecule has 0 aromatic heterocycles. The minimum atomic E-state index is 0.550. The van der Waals surface area contributed by atoms with E-state index in [1.54, 1.807) is 5.56 Å². The van der Waals surface area contributed by atoms with Crippen LogP contribution in [-0.2, 0) is 0 Å². The second-order valence-electron chi connectivity index (χ2n) is 8.40. The summed E-state index contributed by atoms with van der Waals surface area (Å²) < 4.78 is 0. The fourth-order valence-electron chi connectivity index (χ4n) is 4.42. The summed E-state index contributed by atoms with van der Waals surface area (Å²) in [5.41, 5.74) is 9.50. The third kappa shape index (κ3) is 3.38. The summed E-state index contributed by atoms with van der Waals surface area (Å²) in [5, 5.41) is 0. The Morgan fingerprint density at radius 3 is 2.50 bits per heavy atom. The molecule has 1 saturated heterocycles. The molecule has 0 amide bonds. The summed E-state index contributed by atoms with van der Waals surface area (Å²) >= 11 is 0. The van der Waals surface area contributed by atoms with Crippen LogP contribution in [0.5, 0.6) is 0 Å². The lowest BCUT2D eigenvalue weighted by Crippen LogP contribution is -2.21. The molecule has 122 valence electrons. The van der Waals surface area contributed by atoms with Gasteiger partial charge >= 0.3 is 0 Å². The van der Waals surface area contributed by atoms with E-state index in [-0.39, 0.29) is 0 Å². The first-order chi connectivity index (χ1) is 10.5. The summed E-state index contributed by atoms with van der Waals surface area (Å²) in [5.74, 6) is 1.43. The molecule has 1 aromatic carbocycles. The van der Waals surface area contributed by atoms with Crippen LogP contribution in [0.3, 0.4) is 0 Å². The van der Waals surface area contributed by atoms with Crippen molar-refractivity contribution in [3.8, 4) is 0 Å². The molecule has 2 aliphatic rings. The molecule has 2 N–H and O–H groups in total. The van der Waals surface area contributed by atoms with Crippen LogP contribution in [0.2, 0.25) is 0 Å². The van der Waals surface area contributed by atoms with Crippen LogP contribution < -0.4 is 5.73 Å². The van der Waals surface area contributed by atoms with E-state index in [1.807, 2.05) is 0 Å². The fraction of sp³-hybridized carbons (Fsp3) is 0.700. The predicted molar refractivity (Wildman–Crippen MR) is 94.0 cm³/mol. The first-order valence-electron chi connectivity index (χ1n) is 8.99. The highest BCUT2D eigenvalue weighted by Gasteiger charge is 2.31. The summed E-state index contributed by atoms with van der Waals surface area (Å²) in [6.45, 7) is 6.79. The third-order valence-electron chi connectivity index (χ3n) is 6.07. The molecule has 2 nitrogen and oxygen atoms in total. The van der Waals surface area contributed by atoms with Gasteiger partial charge < -0.3 is 5.73 Å². The van der Waals surface area contributed by atoms with Crippen LogP contribution in [0.15, 0.2) is 24.3 Å². The molecule has 1 aromatic rings. The SMILES string of the molecule is CN1CC(CN)CC1c1cccc(C2CCC(C)(C)CC2)c1. The standard InChI is InChI=1S/C20H32N2/c1-20(2)9-7-16(8-10-20)17-5-4-6-18(12-17)19-11-15(13-21)14-22(19)3/h4-6,12,15-16,19H,7-11,13-14,21H2,1-3H3. The number of benzene rings is 1. The fourth-order valence-corrected chi connectivity index (χ4v) is 4.42. The average Bonchev–Trinajstić information content (AvgIpc) is 2.88. The van der Waals surface area contributed by atoms with Crippen molar-refractivity contribution in [2.45, 2.75) is 57.9 Å². The number of hydrogen-bond acceptors (Lipinski definition) is 2. The van der Waals surface area contributed by atoms with Crippen molar-refractivity contribution in [2.24, 2.45) is 17.1 Å². The van der Waals surface area contributed by atoms with Crippen molar-refractivity contribution >= 4 is 0 Å². The van der Waals surface area contributed by atoms with Crippen LogP contribution in [0.1, 0.15) is 69.0 Å². The Hall–Kier alpha value is -0.860. The highest BCUT2D eigenvalue weighted by molar-refractivity contribution is 5.30. The maximum atomic E-state index is 5.88. The van der Waals surface area contributed by atoms with Crippen molar-refractivity contribution in [2.75, 3.05) is 20.1 Å². The Balaban J connectivity index is 1.73. The van der Waals surface area contributed by atoms with Crippen molar-refractivity contribution in [3.05, 3.63) is 35.4 Å². The number of likely N-dealkylation sites (tertiary alicyclic amines) is 1. The van der Waals surface area contributed by atoms with Crippen LogP contribution in [0.25, 0.3) is 0 Å². The second-order valence-corrected chi connectivity index (χ2v) is 8.40. The van der Waals surface area contributed by atoms with E-state index in [1.165, 1.54) is 37.7 Å². The molecular formula is C20H32N2. The van der Waals surface area contributed by atoms with Gasteiger partial charge in [-0.2, -0.15) is 0 Å². The highest BCUT2D eigenvalue weighted by Crippen LogP contribution is 2.43. The average molecular weight is 300 g/mol. The van der Waals surface area contributed by atoms with Crippen LogP contribution >= 0.6 is 0 Å². The van der Waals surface area contributed by atoms with Crippen molar-refractivity contribution in [1.82, 2.24) is 4.90 Å². The summed E-state index contributed by atoms with van der Waals surface area (Å²) in [6, 6.07) is 9.99. The largest absolute Gasteiger partial charge is 0.330 e. The van der Waals surface area contributed by atoms with Gasteiger partial charge in [0.2, 0.25) is 0 Å². The first kappa shape index (κ1) is 16.0. The Labute approximate surface area is 136 Å². The maximum absolute atomic E-state index is 5.88. The predicted octanol–water partition coefficient (Wildman–Crippen LogP) is 4.32. The molecule has 2 fully saturated rings. The van der Waals surface area contributed by atoms with Crippen molar-refractivity contribution < 1.29 is 0 Å². The number of nitrogens with two attached hydrogens (primary N) is 1. The molecule has 1 aliphatic heterocycles. The lowest BCUT2D eigenvalue weighted by molar-refractivity contribution is 0.224. The zero-order valence-electron chi connectivity index (χ0n) is 14.5. The Bertz CT molecular complexity index is 498. The Morgan fingerprint density at radius 1 is 1.18 bits per heavy atom. The molecule has 2 unspecified atom stereocenters. The van der Waals surface area contributed by atoms with Gasteiger partial charge in [-0.3, -0.25) is 4.90 Å². The second kappa shape index (κ2) is 6.33. The van der Waals surface area contributed by atoms with Crippen molar-refractivity contribution in [3.63, 3.8) is 0 Å². The zero-order valence-corrected chi connectivity index (χ0v) is 14.5. The van der Waals surface area contributed by atoms with E-state index in [0.29, 0.717) is 17.4 Å². The number of rotatable bonds is 3. The minimum absolute atomic E-state index is 0.550. The molecular weight excluding hydrogens is 268 g/mol. The van der Waals surface area contributed by atoms with Gasteiger partial charge in [-0.15, -0.1) is 0 Å². The Kier molecular flexibility index (Phi) is 4.61. The van der Waals surface area contributed by atoms with Crippen LogP contribution in [-0.4, -0.2) is 25.0 Å².